The summed E-state index contributed by atoms with van der Waals surface area (Å²) < 4.78 is 23.2. The third kappa shape index (κ3) is 3.77. The molecule has 7 nitrogen and oxygen atoms in total. The summed E-state index contributed by atoms with van der Waals surface area (Å²) in [6, 6.07) is -0.562. The second kappa shape index (κ2) is 5.79. The molecule has 1 rings (SSSR count). The Morgan fingerprint density at radius 2 is 2.11 bits per heavy atom. The number of rotatable bonds is 3. The van der Waals surface area contributed by atoms with Crippen LogP contribution in [0.3, 0.4) is 0 Å². The number of hydrogen-bond donors (Lipinski definition) is 1. The molecule has 1 N–H and O–H groups in total. The molecule has 0 aromatic carbocycles. The van der Waals surface area contributed by atoms with Gasteiger partial charge in [0.05, 0.1) is 0 Å². The second-order valence-corrected chi connectivity index (χ2v) is 7.44. The van der Waals surface area contributed by atoms with Crippen LogP contribution in [0, 0.1) is 0 Å². The van der Waals surface area contributed by atoms with Crippen molar-refractivity contribution in [3.63, 3.8) is 0 Å². The highest BCUT2D eigenvalue weighted by atomic mass is 32.2. The fourth-order valence-electron chi connectivity index (χ4n) is 1.64. The van der Waals surface area contributed by atoms with Crippen molar-refractivity contribution >= 4 is 33.6 Å². The maximum Gasteiger partial charge on any atom is 0.323 e. The Labute approximate surface area is 110 Å². The molecule has 0 aromatic rings. The van der Waals surface area contributed by atoms with Crippen LogP contribution in [0.5, 0.6) is 0 Å². The lowest BCUT2D eigenvalue weighted by Gasteiger charge is -2.36. The molecule has 0 bridgehead atoms. The number of carbonyl (C=O) groups is 2. The number of amides is 2. The molecule has 1 aliphatic heterocycles. The Balaban J connectivity index is 2.84. The first-order chi connectivity index (χ1) is 8.23. The van der Waals surface area contributed by atoms with Gasteiger partial charge in [0.25, 0.3) is 0 Å². The number of carboxylic acids is 1. The lowest BCUT2D eigenvalue weighted by molar-refractivity contribution is -0.137. The van der Waals surface area contributed by atoms with Crippen LogP contribution in [0.1, 0.15) is 0 Å². The molecule has 1 atom stereocenters. The smallest absolute Gasteiger partial charge is 0.323 e. The van der Waals surface area contributed by atoms with Crippen LogP contribution in [-0.2, 0) is 14.6 Å². The zero-order valence-electron chi connectivity index (χ0n) is 10.2. The normalized spacial score (nSPS) is 20.6. The highest BCUT2D eigenvalue weighted by Gasteiger charge is 2.35. The van der Waals surface area contributed by atoms with Gasteiger partial charge in [0, 0.05) is 31.4 Å². The van der Waals surface area contributed by atoms with E-state index in [0.29, 0.717) is 18.1 Å². The minimum Gasteiger partial charge on any atom is -0.480 e. The van der Waals surface area contributed by atoms with Crippen molar-refractivity contribution in [1.82, 2.24) is 9.80 Å². The minimum atomic E-state index is -3.37. The summed E-state index contributed by atoms with van der Waals surface area (Å²) in [7, 11) is -2.03. The third-order valence-corrected chi connectivity index (χ3v) is 5.17. The summed E-state index contributed by atoms with van der Waals surface area (Å²) in [5.74, 6) is -0.155. The molecule has 0 spiro atoms. The van der Waals surface area contributed by atoms with Gasteiger partial charge in [-0.2, -0.15) is 11.8 Å². The largest absolute Gasteiger partial charge is 0.480 e. The second-order valence-electron chi connectivity index (χ2n) is 4.08. The van der Waals surface area contributed by atoms with Crippen molar-refractivity contribution in [2.45, 2.75) is 5.37 Å². The Bertz CT molecular complexity index is 436. The van der Waals surface area contributed by atoms with Gasteiger partial charge in [-0.25, -0.2) is 13.2 Å². The molecule has 1 heterocycles. The average molecular weight is 296 g/mol. The van der Waals surface area contributed by atoms with Crippen LogP contribution < -0.4 is 0 Å². The van der Waals surface area contributed by atoms with E-state index in [1.807, 2.05) is 0 Å². The molecule has 9 heteroatoms. The molecule has 104 valence electrons. The van der Waals surface area contributed by atoms with Crippen molar-refractivity contribution in [3.8, 4) is 0 Å². The number of carbonyl (C=O) groups excluding carboxylic acids is 1. The number of likely N-dealkylation sites (N-methyl/N-ethyl adjacent to an activating group) is 1. The van der Waals surface area contributed by atoms with Crippen molar-refractivity contribution in [3.05, 3.63) is 0 Å². The van der Waals surface area contributed by atoms with Crippen LogP contribution in [0.2, 0.25) is 0 Å². The van der Waals surface area contributed by atoms with Gasteiger partial charge in [0.15, 0.2) is 9.84 Å². The van der Waals surface area contributed by atoms with E-state index in [2.05, 4.69) is 0 Å². The number of urea groups is 1. The van der Waals surface area contributed by atoms with Gasteiger partial charge in [0.1, 0.15) is 11.9 Å². The lowest BCUT2D eigenvalue weighted by atomic mass is 10.5. The number of aliphatic carboxylic acids is 1. The molecule has 18 heavy (non-hydrogen) atoms. The van der Waals surface area contributed by atoms with Crippen LogP contribution in [0.4, 0.5) is 4.79 Å². The molecular weight excluding hydrogens is 280 g/mol. The van der Waals surface area contributed by atoms with E-state index in [-0.39, 0.29) is 0 Å². The summed E-state index contributed by atoms with van der Waals surface area (Å²) in [5, 5.41) is 7.75. The Hall–Kier alpha value is -0.960. The Kier molecular flexibility index (Phi) is 4.85. The topological polar surface area (TPSA) is 95.0 Å². The average Bonchev–Trinajstić information content (AvgIpc) is 2.26. The van der Waals surface area contributed by atoms with E-state index in [1.165, 1.54) is 23.7 Å². The van der Waals surface area contributed by atoms with E-state index < -0.39 is 33.8 Å². The maximum absolute atomic E-state index is 12.0. The van der Waals surface area contributed by atoms with Crippen LogP contribution in [-0.4, -0.2) is 78.6 Å². The highest BCUT2D eigenvalue weighted by Crippen LogP contribution is 2.21. The van der Waals surface area contributed by atoms with Crippen molar-refractivity contribution < 1.29 is 23.1 Å². The summed E-state index contributed by atoms with van der Waals surface area (Å²) in [6.45, 7) is -0.135. The quantitative estimate of drug-likeness (QED) is 0.757. The molecule has 1 aliphatic rings. The summed E-state index contributed by atoms with van der Waals surface area (Å²) in [4.78, 5) is 24.8. The zero-order chi connectivity index (χ0) is 13.9. The molecule has 0 aliphatic carbocycles. The summed E-state index contributed by atoms with van der Waals surface area (Å²) in [5.41, 5.74) is 0. The van der Waals surface area contributed by atoms with Gasteiger partial charge in [0.2, 0.25) is 0 Å². The van der Waals surface area contributed by atoms with Crippen LogP contribution in [0.15, 0.2) is 0 Å². The molecule has 0 saturated carbocycles. The van der Waals surface area contributed by atoms with Gasteiger partial charge in [-0.15, -0.1) is 0 Å². The molecule has 1 fully saturated rings. The number of thioether (sulfide) groups is 1. The van der Waals surface area contributed by atoms with Crippen molar-refractivity contribution in [2.75, 3.05) is 37.9 Å². The SMILES string of the molecule is CN(CC(=O)O)C(=O)N1CCSCC1S(C)(=O)=O. The highest BCUT2D eigenvalue weighted by molar-refractivity contribution is 8.00. The predicted molar refractivity (Wildman–Crippen MR) is 68.3 cm³/mol. The Morgan fingerprint density at radius 3 is 2.61 bits per heavy atom. The first kappa shape index (κ1) is 15.1. The van der Waals surface area contributed by atoms with E-state index in [4.69, 9.17) is 5.11 Å². The van der Waals surface area contributed by atoms with E-state index in [1.54, 1.807) is 0 Å². The van der Waals surface area contributed by atoms with E-state index >= 15 is 0 Å². The monoisotopic (exact) mass is 296 g/mol. The van der Waals surface area contributed by atoms with Crippen molar-refractivity contribution in [1.29, 1.82) is 0 Å². The van der Waals surface area contributed by atoms with E-state index in [0.717, 1.165) is 11.2 Å². The number of hydrogen-bond acceptors (Lipinski definition) is 5. The fourth-order valence-corrected chi connectivity index (χ4v) is 4.45. The molecule has 2 amide bonds. The third-order valence-electron chi connectivity index (χ3n) is 2.52. The van der Waals surface area contributed by atoms with Gasteiger partial charge in [-0.3, -0.25) is 4.79 Å². The van der Waals surface area contributed by atoms with Crippen LogP contribution >= 0.6 is 11.8 Å². The van der Waals surface area contributed by atoms with E-state index in [9.17, 15) is 18.0 Å². The lowest BCUT2D eigenvalue weighted by Crippen LogP contribution is -2.54. The maximum atomic E-state index is 12.0. The van der Waals surface area contributed by atoms with Gasteiger partial charge >= 0.3 is 12.0 Å². The predicted octanol–water partition coefficient (Wildman–Crippen LogP) is -0.458. The first-order valence-electron chi connectivity index (χ1n) is 5.23. The fraction of sp³-hybridized carbons (Fsp3) is 0.778. The first-order valence-corrected chi connectivity index (χ1v) is 8.34. The minimum absolute atomic E-state index is 0.311. The number of sulfone groups is 1. The van der Waals surface area contributed by atoms with Gasteiger partial charge in [-0.05, 0) is 0 Å². The molecular formula is C9H16N2O5S2. The van der Waals surface area contributed by atoms with Gasteiger partial charge < -0.3 is 14.9 Å². The molecule has 0 radical (unpaired) electrons. The standard InChI is InChI=1S/C9H16N2O5S2/c1-10(5-8(12)13)9(14)11-3-4-17-6-7(11)18(2,15)16/h7H,3-6H2,1-2H3,(H,12,13). The molecule has 0 aromatic heterocycles. The van der Waals surface area contributed by atoms with Gasteiger partial charge in [-0.1, -0.05) is 0 Å². The number of nitrogens with zero attached hydrogens (tertiary/aromatic N) is 2. The van der Waals surface area contributed by atoms with Crippen molar-refractivity contribution in [2.24, 2.45) is 0 Å². The summed E-state index contributed by atoms with van der Waals surface area (Å²) >= 11 is 1.47. The zero-order valence-corrected chi connectivity index (χ0v) is 11.8. The molecule has 1 saturated heterocycles. The Morgan fingerprint density at radius 1 is 1.50 bits per heavy atom. The number of carboxylic acid groups (broad SMARTS) is 1. The molecule has 1 unspecified atom stereocenters. The van der Waals surface area contributed by atoms with Crippen LogP contribution in [0.25, 0.3) is 0 Å². The summed E-state index contributed by atoms with van der Waals surface area (Å²) in [6.07, 6.45) is 1.08.